The summed E-state index contributed by atoms with van der Waals surface area (Å²) in [5, 5.41) is 15.8. The number of carbonyl (C=O) groups is 1. The Hall–Kier alpha value is -0.660. The summed E-state index contributed by atoms with van der Waals surface area (Å²) >= 11 is 0. The van der Waals surface area contributed by atoms with E-state index in [1.54, 1.807) is 0 Å². The van der Waals surface area contributed by atoms with Crippen molar-refractivity contribution in [3.8, 4) is 0 Å². The Bertz CT molecular complexity index is 284. The zero-order valence-electron chi connectivity index (χ0n) is 8.10. The van der Waals surface area contributed by atoms with Crippen molar-refractivity contribution in [1.29, 1.82) is 0 Å². The van der Waals surface area contributed by atoms with Gasteiger partial charge in [-0.15, -0.1) is 0 Å². The molecule has 0 saturated heterocycles. The van der Waals surface area contributed by atoms with Crippen molar-refractivity contribution in [2.24, 2.45) is 0 Å². The van der Waals surface area contributed by atoms with Crippen LogP contribution in [0.25, 0.3) is 0 Å². The molecule has 0 heterocycles. The van der Waals surface area contributed by atoms with Crippen LogP contribution in [0, 0.1) is 0 Å². The number of aliphatic carboxylic acids is 1. The smallest absolute Gasteiger partial charge is 0.323 e. The first-order valence-corrected chi connectivity index (χ1v) is 5.71. The molecule has 2 atom stereocenters. The highest BCUT2D eigenvalue weighted by Crippen LogP contribution is 1.98. The number of aliphatic hydroxyl groups is 1. The number of aliphatic hydroxyl groups excluding tert-OH is 1. The Labute approximate surface area is 83.0 Å². The molecule has 2 unspecified atom stereocenters. The van der Waals surface area contributed by atoms with Gasteiger partial charge in [-0.1, -0.05) is 0 Å². The van der Waals surface area contributed by atoms with Crippen LogP contribution in [0.1, 0.15) is 20.3 Å². The molecule has 3 N–H and O–H groups in total. The van der Waals surface area contributed by atoms with Crippen LogP contribution < -0.4 is 4.72 Å². The van der Waals surface area contributed by atoms with Gasteiger partial charge in [-0.3, -0.25) is 4.79 Å². The van der Waals surface area contributed by atoms with Crippen LogP contribution in [-0.2, 0) is 14.8 Å². The fourth-order valence-corrected chi connectivity index (χ4v) is 1.59. The van der Waals surface area contributed by atoms with Gasteiger partial charge in [-0.05, 0) is 20.3 Å². The van der Waals surface area contributed by atoms with Gasteiger partial charge >= 0.3 is 5.97 Å². The van der Waals surface area contributed by atoms with Gasteiger partial charge in [-0.2, -0.15) is 0 Å². The van der Waals surface area contributed by atoms with Crippen molar-refractivity contribution in [2.75, 3.05) is 6.54 Å². The molecule has 0 bridgehead atoms. The van der Waals surface area contributed by atoms with E-state index in [2.05, 4.69) is 4.72 Å². The monoisotopic (exact) mass is 225 g/mol. The summed E-state index contributed by atoms with van der Waals surface area (Å²) in [6, 6.07) is 0. The van der Waals surface area contributed by atoms with Crippen LogP contribution >= 0.6 is 0 Å². The highest BCUT2D eigenvalue weighted by molar-refractivity contribution is 7.90. The molecule has 0 aliphatic heterocycles. The molecule has 14 heavy (non-hydrogen) atoms. The summed E-state index contributed by atoms with van der Waals surface area (Å²) in [4.78, 5) is 10.4. The second kappa shape index (κ2) is 5.28. The van der Waals surface area contributed by atoms with E-state index in [9.17, 15) is 13.2 Å². The maximum atomic E-state index is 11.2. The van der Waals surface area contributed by atoms with Crippen LogP contribution in [0.2, 0.25) is 0 Å². The average molecular weight is 225 g/mol. The maximum Gasteiger partial charge on any atom is 0.323 e. The van der Waals surface area contributed by atoms with E-state index in [0.29, 0.717) is 0 Å². The lowest BCUT2D eigenvalue weighted by atomic mass is 10.3. The largest absolute Gasteiger partial charge is 0.480 e. The predicted molar refractivity (Wildman–Crippen MR) is 50.3 cm³/mol. The third-order valence-corrected chi connectivity index (χ3v) is 3.42. The molecule has 0 amide bonds. The lowest BCUT2D eigenvalue weighted by molar-refractivity contribution is -0.136. The van der Waals surface area contributed by atoms with Crippen LogP contribution in [0.4, 0.5) is 0 Å². The maximum absolute atomic E-state index is 11.2. The molecule has 0 spiro atoms. The van der Waals surface area contributed by atoms with Crippen molar-refractivity contribution in [3.63, 3.8) is 0 Å². The van der Waals surface area contributed by atoms with E-state index in [1.807, 2.05) is 0 Å². The number of hydrogen-bond acceptors (Lipinski definition) is 4. The minimum absolute atomic E-state index is 0.0393. The molecule has 0 aliphatic rings. The molecule has 6 nitrogen and oxygen atoms in total. The molecule has 0 saturated carbocycles. The van der Waals surface area contributed by atoms with E-state index in [-0.39, 0.29) is 13.0 Å². The Balaban J connectivity index is 4.16. The van der Waals surface area contributed by atoms with E-state index >= 15 is 0 Å². The Morgan fingerprint density at radius 2 is 1.93 bits per heavy atom. The minimum atomic E-state index is -3.82. The summed E-state index contributed by atoms with van der Waals surface area (Å²) in [7, 11) is -3.82. The van der Waals surface area contributed by atoms with Crippen molar-refractivity contribution in [2.45, 2.75) is 31.6 Å². The molecule has 84 valence electrons. The molecule has 0 fully saturated rings. The fraction of sp³-hybridized carbons (Fsp3) is 0.857. The third kappa shape index (κ3) is 4.54. The number of carboxylic acids is 1. The molecule has 0 aromatic rings. The fourth-order valence-electron chi connectivity index (χ4n) is 0.668. The summed E-state index contributed by atoms with van der Waals surface area (Å²) in [5.41, 5.74) is 0. The Kier molecular flexibility index (Phi) is 5.03. The van der Waals surface area contributed by atoms with Gasteiger partial charge in [-0.25, -0.2) is 13.1 Å². The Morgan fingerprint density at radius 3 is 2.29 bits per heavy atom. The van der Waals surface area contributed by atoms with Gasteiger partial charge in [0.15, 0.2) is 5.25 Å². The van der Waals surface area contributed by atoms with Crippen LogP contribution in [0.3, 0.4) is 0 Å². The first-order chi connectivity index (χ1) is 6.27. The third-order valence-electron chi connectivity index (χ3n) is 1.68. The van der Waals surface area contributed by atoms with Crippen LogP contribution in [0.5, 0.6) is 0 Å². The van der Waals surface area contributed by atoms with E-state index in [0.717, 1.165) is 6.92 Å². The second-order valence-corrected chi connectivity index (χ2v) is 5.14. The molecule has 7 heteroatoms. The summed E-state index contributed by atoms with van der Waals surface area (Å²) in [5.74, 6) is -1.39. The number of sulfonamides is 1. The van der Waals surface area contributed by atoms with Crippen molar-refractivity contribution in [3.05, 3.63) is 0 Å². The van der Waals surface area contributed by atoms with Gasteiger partial charge in [0.2, 0.25) is 10.0 Å². The zero-order chi connectivity index (χ0) is 11.4. The number of nitrogens with one attached hydrogen (secondary N) is 1. The van der Waals surface area contributed by atoms with E-state index in [4.69, 9.17) is 10.2 Å². The normalized spacial score (nSPS) is 16.2. The van der Waals surface area contributed by atoms with E-state index in [1.165, 1.54) is 6.92 Å². The Morgan fingerprint density at radius 1 is 1.43 bits per heavy atom. The first kappa shape index (κ1) is 13.3. The first-order valence-electron chi connectivity index (χ1n) is 4.16. The van der Waals surface area contributed by atoms with Crippen LogP contribution in [0.15, 0.2) is 0 Å². The lowest BCUT2D eigenvalue weighted by Crippen LogP contribution is -2.38. The lowest BCUT2D eigenvalue weighted by Gasteiger charge is -2.10. The van der Waals surface area contributed by atoms with E-state index < -0.39 is 27.3 Å². The number of carboxylic acid groups (broad SMARTS) is 1. The molecule has 0 radical (unpaired) electrons. The summed E-state index contributed by atoms with van der Waals surface area (Å²) in [6.07, 6.45) is -0.358. The van der Waals surface area contributed by atoms with Gasteiger partial charge in [0.25, 0.3) is 0 Å². The highest BCUT2D eigenvalue weighted by Gasteiger charge is 2.26. The van der Waals surface area contributed by atoms with Gasteiger partial charge in [0.05, 0.1) is 6.10 Å². The predicted octanol–water partition coefficient (Wildman–Crippen LogP) is -0.850. The zero-order valence-corrected chi connectivity index (χ0v) is 8.91. The topological polar surface area (TPSA) is 104 Å². The molecule has 0 rings (SSSR count). The number of hydrogen-bond donors (Lipinski definition) is 3. The molecular formula is C7H15NO5S. The number of rotatable bonds is 6. The van der Waals surface area contributed by atoms with Gasteiger partial charge in [0, 0.05) is 6.54 Å². The molecular weight excluding hydrogens is 210 g/mol. The summed E-state index contributed by atoms with van der Waals surface area (Å²) in [6.45, 7) is 2.65. The standard InChI is InChI=1S/C7H15NO5S/c1-5(9)3-4-8-14(12,13)6(2)7(10)11/h5-6,8-9H,3-4H2,1-2H3,(H,10,11). The SMILES string of the molecule is CC(O)CCNS(=O)(=O)C(C)C(=O)O. The van der Waals surface area contributed by atoms with Crippen molar-refractivity contribution in [1.82, 2.24) is 4.72 Å². The average Bonchev–Trinajstić information content (AvgIpc) is 2.01. The molecule has 0 aromatic heterocycles. The quantitative estimate of drug-likeness (QED) is 0.546. The second-order valence-electron chi connectivity index (χ2n) is 3.06. The van der Waals surface area contributed by atoms with Crippen molar-refractivity contribution < 1.29 is 23.4 Å². The highest BCUT2D eigenvalue weighted by atomic mass is 32.2. The van der Waals surface area contributed by atoms with Crippen LogP contribution in [-0.4, -0.2) is 42.5 Å². The van der Waals surface area contributed by atoms with Gasteiger partial charge in [0.1, 0.15) is 0 Å². The molecule has 0 aromatic carbocycles. The minimum Gasteiger partial charge on any atom is -0.480 e. The summed E-state index contributed by atoms with van der Waals surface area (Å²) < 4.78 is 24.5. The van der Waals surface area contributed by atoms with Gasteiger partial charge < -0.3 is 10.2 Å². The van der Waals surface area contributed by atoms with Crippen molar-refractivity contribution >= 4 is 16.0 Å². The molecule has 0 aliphatic carbocycles.